The largest absolute Gasteiger partial charge is 0.286 e. The zero-order valence-electron chi connectivity index (χ0n) is 7.90. The van der Waals surface area contributed by atoms with Crippen molar-refractivity contribution in [2.45, 2.75) is 18.9 Å². The van der Waals surface area contributed by atoms with Crippen LogP contribution in [0.2, 0.25) is 0 Å². The molecule has 1 aliphatic carbocycles. The average Bonchev–Trinajstić information content (AvgIpc) is 3.02. The first-order chi connectivity index (χ1) is 7.27. The normalized spacial score (nSPS) is 15.8. The first-order valence-electron chi connectivity index (χ1n) is 4.86. The Hall–Kier alpha value is -1.71. The molecule has 3 nitrogen and oxygen atoms in total. The molecule has 0 aliphatic heterocycles. The lowest BCUT2D eigenvalue weighted by molar-refractivity contribution is 0.630. The third-order valence-electron chi connectivity index (χ3n) is 2.61. The van der Waals surface area contributed by atoms with Gasteiger partial charge < -0.3 is 0 Å². The second-order valence-corrected chi connectivity index (χ2v) is 3.75. The van der Waals surface area contributed by atoms with Gasteiger partial charge in [0.15, 0.2) is 6.33 Å². The molecule has 2 aromatic rings. The van der Waals surface area contributed by atoms with Gasteiger partial charge in [-0.05, 0) is 25.0 Å². The van der Waals surface area contributed by atoms with Gasteiger partial charge in [-0.25, -0.2) is 9.37 Å². The van der Waals surface area contributed by atoms with E-state index in [9.17, 15) is 9.18 Å². The average molecular weight is 203 g/mol. The van der Waals surface area contributed by atoms with Gasteiger partial charge in [0.2, 0.25) is 0 Å². The van der Waals surface area contributed by atoms with Crippen molar-refractivity contribution in [1.29, 1.82) is 0 Å². The maximum Gasteiger partial charge on any atom is 0.264 e. The highest BCUT2D eigenvalue weighted by Crippen LogP contribution is 2.33. The van der Waals surface area contributed by atoms with Crippen molar-refractivity contribution in [3.8, 4) is 0 Å². The highest BCUT2D eigenvalue weighted by Gasteiger charge is 2.26. The van der Waals surface area contributed by atoms with E-state index in [0.717, 1.165) is 12.8 Å². The number of hydrogen-bond acceptors (Lipinski definition) is 2. The fraction of sp³-hybridized carbons (Fsp3) is 0.273. The number of fused-ring (bicyclic) bond motifs is 1. The smallest absolute Gasteiger partial charge is 0.264 e. The topological polar surface area (TPSA) is 34.9 Å². The fourth-order valence-electron chi connectivity index (χ4n) is 1.67. The third kappa shape index (κ3) is 1.25. The Bertz CT molecular complexity index is 587. The monoisotopic (exact) mass is 203 g/mol. The van der Waals surface area contributed by atoms with Crippen molar-refractivity contribution in [2.75, 3.05) is 0 Å². The van der Waals surface area contributed by atoms with Crippen molar-refractivity contribution in [2.24, 2.45) is 0 Å². The predicted molar refractivity (Wildman–Crippen MR) is 53.1 cm³/mol. The number of hydrogen-bond donors (Lipinski definition) is 0. The summed E-state index contributed by atoms with van der Waals surface area (Å²) >= 11 is 0. The van der Waals surface area contributed by atoms with Crippen LogP contribution in [0.15, 0.2) is 23.0 Å². The summed E-state index contributed by atoms with van der Waals surface area (Å²) in [4.78, 5) is 15.8. The SMILES string of the molecule is O=c1c2c(F)cccc2n[c]n1C1CC1. The number of halogens is 1. The minimum atomic E-state index is -0.506. The molecule has 4 heteroatoms. The lowest BCUT2D eigenvalue weighted by atomic mass is 10.2. The summed E-state index contributed by atoms with van der Waals surface area (Å²) in [5, 5.41) is 0.0724. The molecule has 1 aromatic heterocycles. The second-order valence-electron chi connectivity index (χ2n) is 3.75. The fourth-order valence-corrected chi connectivity index (χ4v) is 1.67. The standard InChI is InChI=1S/C11H8FN2O/c12-8-2-1-3-9-10(8)11(15)14(6-13-9)7-4-5-7/h1-3,7H,4-5H2. The van der Waals surface area contributed by atoms with Gasteiger partial charge in [-0.15, -0.1) is 0 Å². The number of nitrogens with zero attached hydrogens (tertiary/aromatic N) is 2. The van der Waals surface area contributed by atoms with Crippen LogP contribution in [-0.4, -0.2) is 9.55 Å². The van der Waals surface area contributed by atoms with Crippen LogP contribution in [0.1, 0.15) is 18.9 Å². The summed E-state index contributed by atoms with van der Waals surface area (Å²) in [5.74, 6) is -0.506. The Morgan fingerprint density at radius 2 is 2.27 bits per heavy atom. The molecule has 1 saturated carbocycles. The van der Waals surface area contributed by atoms with Crippen molar-refractivity contribution >= 4 is 10.9 Å². The van der Waals surface area contributed by atoms with Gasteiger partial charge in [0.05, 0.1) is 5.52 Å². The molecule has 0 spiro atoms. The molecule has 1 aliphatic rings. The zero-order valence-corrected chi connectivity index (χ0v) is 7.90. The van der Waals surface area contributed by atoms with Crippen LogP contribution in [0.4, 0.5) is 4.39 Å². The summed E-state index contributed by atoms with van der Waals surface area (Å²) in [7, 11) is 0. The molecule has 75 valence electrons. The number of rotatable bonds is 1. The molecular weight excluding hydrogens is 195 g/mol. The molecule has 15 heavy (non-hydrogen) atoms. The van der Waals surface area contributed by atoms with Crippen LogP contribution in [-0.2, 0) is 0 Å². The van der Waals surface area contributed by atoms with E-state index < -0.39 is 5.82 Å². The van der Waals surface area contributed by atoms with Crippen LogP contribution in [0, 0.1) is 12.1 Å². The Morgan fingerprint density at radius 3 is 3.00 bits per heavy atom. The summed E-state index contributed by atoms with van der Waals surface area (Å²) in [6.07, 6.45) is 4.57. The van der Waals surface area contributed by atoms with Gasteiger partial charge in [-0.3, -0.25) is 9.36 Å². The van der Waals surface area contributed by atoms with E-state index in [0.29, 0.717) is 5.52 Å². The molecule has 0 amide bonds. The summed E-state index contributed by atoms with van der Waals surface area (Å²) < 4.78 is 14.9. The van der Waals surface area contributed by atoms with Crippen LogP contribution in [0.3, 0.4) is 0 Å². The van der Waals surface area contributed by atoms with Gasteiger partial charge in [0.25, 0.3) is 5.56 Å². The highest BCUT2D eigenvalue weighted by molar-refractivity contribution is 5.77. The Morgan fingerprint density at radius 1 is 1.47 bits per heavy atom. The molecule has 1 aromatic carbocycles. The molecule has 1 fully saturated rings. The van der Waals surface area contributed by atoms with E-state index in [1.54, 1.807) is 12.1 Å². The van der Waals surface area contributed by atoms with E-state index in [1.807, 2.05) is 0 Å². The van der Waals surface area contributed by atoms with Crippen LogP contribution < -0.4 is 5.56 Å². The van der Waals surface area contributed by atoms with E-state index in [2.05, 4.69) is 11.3 Å². The van der Waals surface area contributed by atoms with Crippen molar-refractivity contribution < 1.29 is 4.39 Å². The molecule has 1 heterocycles. The van der Waals surface area contributed by atoms with Gasteiger partial charge >= 0.3 is 0 Å². The maximum absolute atomic E-state index is 13.4. The van der Waals surface area contributed by atoms with Crippen LogP contribution >= 0.6 is 0 Å². The molecular formula is C11H8FN2O. The molecule has 1 radical (unpaired) electrons. The van der Waals surface area contributed by atoms with Crippen molar-refractivity contribution in [3.63, 3.8) is 0 Å². The summed E-state index contributed by atoms with van der Waals surface area (Å²) in [6.45, 7) is 0. The van der Waals surface area contributed by atoms with Crippen LogP contribution in [0.5, 0.6) is 0 Å². The molecule has 0 unspecified atom stereocenters. The molecule has 0 N–H and O–H groups in total. The number of aromatic nitrogens is 2. The van der Waals surface area contributed by atoms with Gasteiger partial charge in [-0.2, -0.15) is 0 Å². The summed E-state index contributed by atoms with van der Waals surface area (Å²) in [6, 6.07) is 4.62. The van der Waals surface area contributed by atoms with Gasteiger partial charge in [-0.1, -0.05) is 6.07 Å². The predicted octanol–water partition coefficient (Wildman–Crippen LogP) is 1.67. The number of benzene rings is 1. The Kier molecular flexibility index (Phi) is 1.65. The quantitative estimate of drug-likeness (QED) is 0.706. The third-order valence-corrected chi connectivity index (χ3v) is 2.61. The van der Waals surface area contributed by atoms with E-state index in [1.165, 1.54) is 10.6 Å². The van der Waals surface area contributed by atoms with E-state index in [4.69, 9.17) is 0 Å². The molecule has 0 saturated heterocycles. The Balaban J connectivity index is 2.40. The lowest BCUT2D eigenvalue weighted by Gasteiger charge is -2.03. The minimum absolute atomic E-state index is 0.0724. The van der Waals surface area contributed by atoms with Crippen LogP contribution in [0.25, 0.3) is 10.9 Å². The molecule has 3 rings (SSSR count). The summed E-state index contributed by atoms with van der Waals surface area (Å²) in [5.41, 5.74) is 0.0532. The van der Waals surface area contributed by atoms with Gasteiger partial charge in [0, 0.05) is 6.04 Å². The van der Waals surface area contributed by atoms with E-state index >= 15 is 0 Å². The van der Waals surface area contributed by atoms with Crippen molar-refractivity contribution in [3.05, 3.63) is 40.7 Å². The zero-order chi connectivity index (χ0) is 10.4. The first-order valence-corrected chi connectivity index (χ1v) is 4.86. The van der Waals surface area contributed by atoms with Gasteiger partial charge in [0.1, 0.15) is 11.2 Å². The molecule has 0 bridgehead atoms. The molecule has 0 atom stereocenters. The maximum atomic E-state index is 13.4. The second kappa shape index (κ2) is 2.89. The minimum Gasteiger partial charge on any atom is -0.286 e. The first kappa shape index (κ1) is 8.59. The Labute approximate surface area is 85.2 Å². The van der Waals surface area contributed by atoms with Crippen molar-refractivity contribution in [1.82, 2.24) is 9.55 Å². The highest BCUT2D eigenvalue weighted by atomic mass is 19.1. The lowest BCUT2D eigenvalue weighted by Crippen LogP contribution is -2.20. The van der Waals surface area contributed by atoms with E-state index in [-0.39, 0.29) is 17.0 Å².